The lowest BCUT2D eigenvalue weighted by Gasteiger charge is -2.16. The van der Waals surface area contributed by atoms with Crippen LogP contribution in [0.1, 0.15) is 71.9 Å². The van der Waals surface area contributed by atoms with Crippen LogP contribution in [0.25, 0.3) is 11.3 Å². The molecule has 6 nitrogen and oxygen atoms in total. The quantitative estimate of drug-likeness (QED) is 0.196. The third-order valence-electron chi connectivity index (χ3n) is 6.16. The summed E-state index contributed by atoms with van der Waals surface area (Å²) in [7, 11) is 0. The molecule has 2 heterocycles. The van der Waals surface area contributed by atoms with Crippen LogP contribution in [0.15, 0.2) is 72.4 Å². The summed E-state index contributed by atoms with van der Waals surface area (Å²) in [6.07, 6.45) is 7.65. The van der Waals surface area contributed by atoms with Crippen LogP contribution in [-0.2, 0) is 13.2 Å². The number of rotatable bonds is 13. The van der Waals surface area contributed by atoms with Gasteiger partial charge in [0, 0.05) is 17.1 Å². The normalized spacial score (nSPS) is 11.0. The summed E-state index contributed by atoms with van der Waals surface area (Å²) in [6.45, 7) is 5.25. The molecule has 0 aliphatic heterocycles. The maximum absolute atomic E-state index is 11.1. The number of carboxylic acids is 1. The van der Waals surface area contributed by atoms with Crippen LogP contribution in [0.4, 0.5) is 0 Å². The van der Waals surface area contributed by atoms with Crippen LogP contribution in [0.2, 0.25) is 0 Å². The van der Waals surface area contributed by atoms with Gasteiger partial charge in [0.1, 0.15) is 29.7 Å². The first-order valence-electron chi connectivity index (χ1n) is 12.6. The molecule has 0 atom stereocenters. The number of nitrogens with zero attached hydrogens (tertiary/aromatic N) is 2. The number of pyridine rings is 1. The first-order valence-corrected chi connectivity index (χ1v) is 13.5. The van der Waals surface area contributed by atoms with Crippen LogP contribution in [0.5, 0.6) is 11.5 Å². The first-order chi connectivity index (χ1) is 18.1. The molecule has 1 N–H and O–H groups in total. The van der Waals surface area contributed by atoms with Crippen LogP contribution in [0.3, 0.4) is 0 Å². The molecule has 0 spiro atoms. The fourth-order valence-electron chi connectivity index (χ4n) is 4.22. The Morgan fingerprint density at radius 3 is 2.30 bits per heavy atom. The van der Waals surface area contributed by atoms with E-state index < -0.39 is 5.97 Å². The molecule has 37 heavy (non-hydrogen) atoms. The number of benzene rings is 2. The fraction of sp³-hybridized carbons (Fsp3) is 0.300. The Morgan fingerprint density at radius 2 is 1.62 bits per heavy atom. The van der Waals surface area contributed by atoms with Crippen molar-refractivity contribution in [1.82, 2.24) is 9.97 Å². The largest absolute Gasteiger partial charge is 0.489 e. The average molecular weight is 517 g/mol. The van der Waals surface area contributed by atoms with Gasteiger partial charge in [-0.25, -0.2) is 9.78 Å². The molecule has 0 unspecified atom stereocenters. The van der Waals surface area contributed by atoms with Crippen molar-refractivity contribution in [2.24, 2.45) is 0 Å². The van der Waals surface area contributed by atoms with Gasteiger partial charge in [0.2, 0.25) is 0 Å². The Hall–Kier alpha value is -3.71. The molecule has 0 radical (unpaired) electrons. The predicted molar refractivity (Wildman–Crippen MR) is 146 cm³/mol. The Kier molecular flexibility index (Phi) is 9.27. The molecule has 2 aromatic heterocycles. The molecule has 0 bridgehead atoms. The number of carbonyl (C=O) groups is 1. The summed E-state index contributed by atoms with van der Waals surface area (Å²) in [5, 5.41) is 11.9. The number of hydrogen-bond donors (Lipinski definition) is 1. The van der Waals surface area contributed by atoms with Crippen molar-refractivity contribution in [1.29, 1.82) is 0 Å². The number of hydrogen-bond acceptors (Lipinski definition) is 6. The highest BCUT2D eigenvalue weighted by Gasteiger charge is 2.11. The molecule has 7 heteroatoms. The average Bonchev–Trinajstić information content (AvgIpc) is 3.40. The summed E-state index contributed by atoms with van der Waals surface area (Å²) in [4.78, 5) is 19.6. The van der Waals surface area contributed by atoms with E-state index in [4.69, 9.17) is 14.6 Å². The monoisotopic (exact) mass is 516 g/mol. The highest BCUT2D eigenvalue weighted by Crippen LogP contribution is 2.28. The van der Waals surface area contributed by atoms with Crippen LogP contribution >= 0.6 is 11.3 Å². The zero-order valence-corrected chi connectivity index (χ0v) is 22.0. The Bertz CT molecular complexity index is 1280. The highest BCUT2D eigenvalue weighted by atomic mass is 32.1. The van der Waals surface area contributed by atoms with Gasteiger partial charge in [-0.15, -0.1) is 11.3 Å². The van der Waals surface area contributed by atoms with E-state index in [1.807, 2.05) is 17.5 Å². The maximum atomic E-state index is 11.1. The topological polar surface area (TPSA) is 81.5 Å². The van der Waals surface area contributed by atoms with E-state index in [1.165, 1.54) is 61.0 Å². The minimum atomic E-state index is -1.04. The van der Waals surface area contributed by atoms with Crippen molar-refractivity contribution >= 4 is 17.3 Å². The van der Waals surface area contributed by atoms with Crippen molar-refractivity contribution in [2.75, 3.05) is 0 Å². The number of ether oxygens (including phenoxy) is 2. The van der Waals surface area contributed by atoms with Gasteiger partial charge in [-0.3, -0.25) is 4.98 Å². The predicted octanol–water partition coefficient (Wildman–Crippen LogP) is 7.75. The summed E-state index contributed by atoms with van der Waals surface area (Å²) in [5.41, 5.74) is 4.47. The van der Waals surface area contributed by atoms with Gasteiger partial charge in [0.15, 0.2) is 0 Å². The third-order valence-corrected chi connectivity index (χ3v) is 6.98. The van der Waals surface area contributed by atoms with Gasteiger partial charge in [-0.2, -0.15) is 0 Å². The van der Waals surface area contributed by atoms with E-state index in [1.54, 1.807) is 0 Å². The van der Waals surface area contributed by atoms with Gasteiger partial charge < -0.3 is 14.6 Å². The van der Waals surface area contributed by atoms with Gasteiger partial charge in [-0.1, -0.05) is 63.1 Å². The standard InChI is InChI=1S/C30H32N2O4S/c1-3-5-22(6-4-2)23-11-13-26(14-12-23)35-18-21-7-9-24(10-8-21)28-20-37-29(32-28)19-36-27-15-25(30(33)34)16-31-17-27/h7-17,20,22H,3-6,18-19H2,1-2H3,(H,33,34). The Morgan fingerprint density at radius 1 is 0.919 bits per heavy atom. The van der Waals surface area contributed by atoms with Crippen molar-refractivity contribution in [3.63, 3.8) is 0 Å². The summed E-state index contributed by atoms with van der Waals surface area (Å²) >= 11 is 1.50. The second-order valence-electron chi connectivity index (χ2n) is 8.96. The van der Waals surface area contributed by atoms with E-state index in [9.17, 15) is 4.79 Å². The summed E-state index contributed by atoms with van der Waals surface area (Å²) < 4.78 is 11.7. The maximum Gasteiger partial charge on any atom is 0.337 e. The molecular weight excluding hydrogens is 484 g/mol. The molecule has 0 aliphatic carbocycles. The molecule has 192 valence electrons. The minimum absolute atomic E-state index is 0.0889. The molecular formula is C30H32N2O4S. The molecule has 0 fully saturated rings. The molecule has 0 aliphatic rings. The van der Waals surface area contributed by atoms with Crippen molar-refractivity contribution in [3.05, 3.63) is 94.1 Å². The van der Waals surface area contributed by atoms with E-state index >= 15 is 0 Å². The highest BCUT2D eigenvalue weighted by molar-refractivity contribution is 7.09. The van der Waals surface area contributed by atoms with Crippen LogP contribution in [0, 0.1) is 0 Å². The molecule has 4 aromatic rings. The zero-order chi connectivity index (χ0) is 26.0. The van der Waals surface area contributed by atoms with Gasteiger partial charge >= 0.3 is 5.97 Å². The first kappa shape index (κ1) is 26.4. The van der Waals surface area contributed by atoms with Gasteiger partial charge in [-0.05, 0) is 48.1 Å². The third kappa shape index (κ3) is 7.40. The lowest BCUT2D eigenvalue weighted by Crippen LogP contribution is -2.00. The van der Waals surface area contributed by atoms with E-state index in [0.29, 0.717) is 18.3 Å². The fourth-order valence-corrected chi connectivity index (χ4v) is 4.93. The molecule has 2 aromatic carbocycles. The van der Waals surface area contributed by atoms with Crippen molar-refractivity contribution < 1.29 is 19.4 Å². The van der Waals surface area contributed by atoms with Crippen LogP contribution < -0.4 is 9.47 Å². The second-order valence-corrected chi connectivity index (χ2v) is 9.90. The smallest absolute Gasteiger partial charge is 0.337 e. The van der Waals surface area contributed by atoms with Crippen molar-refractivity contribution in [3.8, 4) is 22.8 Å². The summed E-state index contributed by atoms with van der Waals surface area (Å²) in [5.74, 6) is 0.879. The van der Waals surface area contributed by atoms with Crippen LogP contribution in [-0.4, -0.2) is 21.0 Å². The zero-order valence-electron chi connectivity index (χ0n) is 21.2. The number of aromatic carboxylic acids is 1. The Labute approximate surface area is 222 Å². The minimum Gasteiger partial charge on any atom is -0.489 e. The lowest BCUT2D eigenvalue weighted by molar-refractivity contribution is 0.0696. The Balaban J connectivity index is 1.30. The molecule has 0 saturated heterocycles. The lowest BCUT2D eigenvalue weighted by atomic mass is 9.90. The second kappa shape index (κ2) is 13.0. The number of carboxylic acid groups (broad SMARTS) is 1. The molecule has 0 saturated carbocycles. The van der Waals surface area contributed by atoms with E-state index in [0.717, 1.165) is 27.6 Å². The number of aromatic nitrogens is 2. The molecule has 4 rings (SSSR count). The SMILES string of the molecule is CCCC(CCC)c1ccc(OCc2ccc(-c3csc(COc4cncc(C(=O)O)c4)n3)cc2)cc1. The van der Waals surface area contributed by atoms with E-state index in [2.05, 4.69) is 60.2 Å². The van der Waals surface area contributed by atoms with Crippen molar-refractivity contribution in [2.45, 2.75) is 58.7 Å². The number of thiazole rings is 1. The van der Waals surface area contributed by atoms with Gasteiger partial charge in [0.05, 0.1) is 17.5 Å². The van der Waals surface area contributed by atoms with Gasteiger partial charge in [0.25, 0.3) is 0 Å². The summed E-state index contributed by atoms with van der Waals surface area (Å²) in [6, 6.07) is 18.2. The van der Waals surface area contributed by atoms with E-state index in [-0.39, 0.29) is 12.2 Å². The molecule has 0 amide bonds.